The normalized spacial score (nSPS) is 17.0. The lowest BCUT2D eigenvalue weighted by Gasteiger charge is -2.40. The quantitative estimate of drug-likeness (QED) is 0.712. The van der Waals surface area contributed by atoms with Gasteiger partial charge in [0.05, 0.1) is 6.61 Å². The molecule has 0 saturated carbocycles. The number of nitrogens with zero attached hydrogens (tertiary/aromatic N) is 1. The molecule has 0 radical (unpaired) electrons. The van der Waals surface area contributed by atoms with Gasteiger partial charge in [0.25, 0.3) is 0 Å². The van der Waals surface area contributed by atoms with Crippen molar-refractivity contribution in [3.63, 3.8) is 0 Å². The van der Waals surface area contributed by atoms with Crippen molar-refractivity contribution in [2.75, 3.05) is 33.4 Å². The van der Waals surface area contributed by atoms with Gasteiger partial charge in [0, 0.05) is 26.7 Å². The topological polar surface area (TPSA) is 30.9 Å². The molecule has 0 N–H and O–H groups in total. The van der Waals surface area contributed by atoms with Gasteiger partial charge < -0.3 is 14.2 Å². The summed E-state index contributed by atoms with van der Waals surface area (Å²) in [5.74, 6) is 1.58. The predicted octanol–water partition coefficient (Wildman–Crippen LogP) is 4.15. The van der Waals surface area contributed by atoms with E-state index in [2.05, 4.69) is 35.2 Å². The predicted molar refractivity (Wildman–Crippen MR) is 104 cm³/mol. The zero-order chi connectivity index (χ0) is 18.2. The number of benzene rings is 2. The number of rotatable bonds is 8. The Morgan fingerprint density at radius 3 is 2.12 bits per heavy atom. The molecule has 3 rings (SSSR count). The van der Waals surface area contributed by atoms with E-state index in [1.54, 1.807) is 7.11 Å². The molecule has 140 valence electrons. The molecule has 2 aromatic carbocycles. The Morgan fingerprint density at radius 2 is 1.50 bits per heavy atom. The van der Waals surface area contributed by atoms with E-state index in [1.165, 1.54) is 5.56 Å². The highest BCUT2D eigenvalue weighted by atomic mass is 16.5. The molecule has 4 nitrogen and oxygen atoms in total. The number of ether oxygens (including phenoxy) is 3. The van der Waals surface area contributed by atoms with Crippen molar-refractivity contribution in [3.8, 4) is 11.5 Å². The van der Waals surface area contributed by atoms with Gasteiger partial charge >= 0.3 is 0 Å². The van der Waals surface area contributed by atoms with Gasteiger partial charge in [-0.15, -0.1) is 0 Å². The van der Waals surface area contributed by atoms with E-state index in [1.807, 2.05) is 31.2 Å². The lowest BCUT2D eigenvalue weighted by molar-refractivity contribution is -0.0842. The Labute approximate surface area is 156 Å². The molecule has 4 heteroatoms. The van der Waals surface area contributed by atoms with E-state index < -0.39 is 0 Å². The van der Waals surface area contributed by atoms with Crippen LogP contribution in [0.1, 0.15) is 25.3 Å². The largest absolute Gasteiger partial charge is 0.490 e. The second-order valence-electron chi connectivity index (χ2n) is 6.82. The Bertz CT molecular complexity index is 666. The van der Waals surface area contributed by atoms with E-state index in [0.29, 0.717) is 13.2 Å². The number of likely N-dealkylation sites (tertiary alicyclic amines) is 1. The van der Waals surface area contributed by atoms with Crippen LogP contribution < -0.4 is 9.47 Å². The molecular weight excluding hydrogens is 326 g/mol. The van der Waals surface area contributed by atoms with Gasteiger partial charge in [0.15, 0.2) is 11.5 Å². The summed E-state index contributed by atoms with van der Waals surface area (Å²) in [5.41, 5.74) is 1.13. The number of para-hydroxylation sites is 2. The molecule has 1 heterocycles. The first-order chi connectivity index (χ1) is 12.7. The number of piperidine rings is 1. The first kappa shape index (κ1) is 18.7. The molecular formula is C22H29NO3. The van der Waals surface area contributed by atoms with Crippen LogP contribution in [-0.2, 0) is 11.3 Å². The highest BCUT2D eigenvalue weighted by molar-refractivity contribution is 5.39. The monoisotopic (exact) mass is 355 g/mol. The minimum Gasteiger partial charge on any atom is -0.490 e. The van der Waals surface area contributed by atoms with E-state index in [9.17, 15) is 0 Å². The van der Waals surface area contributed by atoms with Crippen molar-refractivity contribution in [1.82, 2.24) is 4.90 Å². The Balaban J connectivity index is 1.56. The number of hydrogen-bond acceptors (Lipinski definition) is 4. The molecule has 0 spiro atoms. The van der Waals surface area contributed by atoms with Gasteiger partial charge in [-0.1, -0.05) is 42.5 Å². The van der Waals surface area contributed by atoms with Crippen LogP contribution in [0.25, 0.3) is 0 Å². The third kappa shape index (κ3) is 4.77. The highest BCUT2D eigenvalue weighted by Gasteiger charge is 2.35. The zero-order valence-corrected chi connectivity index (χ0v) is 15.8. The fourth-order valence-corrected chi connectivity index (χ4v) is 3.42. The van der Waals surface area contributed by atoms with E-state index >= 15 is 0 Å². The van der Waals surface area contributed by atoms with Crippen LogP contribution in [0.4, 0.5) is 0 Å². The summed E-state index contributed by atoms with van der Waals surface area (Å²) in [6, 6.07) is 18.5. The third-order valence-corrected chi connectivity index (χ3v) is 5.09. The minimum atomic E-state index is -0.230. The van der Waals surface area contributed by atoms with Gasteiger partial charge in [-0.25, -0.2) is 0 Å². The van der Waals surface area contributed by atoms with Gasteiger partial charge in [0.2, 0.25) is 0 Å². The zero-order valence-electron chi connectivity index (χ0n) is 15.8. The number of methoxy groups -OCH3 is 1. The number of hydrogen-bond donors (Lipinski definition) is 0. The Kier molecular flexibility index (Phi) is 6.53. The minimum absolute atomic E-state index is 0.230. The summed E-state index contributed by atoms with van der Waals surface area (Å²) in [5, 5.41) is 0. The standard InChI is InChI=1S/C22H29NO3/c1-3-25-20-11-7-8-12-21(20)26-18-22(24-2)13-15-23(16-14-22)17-19-9-5-4-6-10-19/h4-12H,3,13-18H2,1-2H3. The summed E-state index contributed by atoms with van der Waals surface area (Å²) in [4.78, 5) is 2.49. The second-order valence-corrected chi connectivity index (χ2v) is 6.82. The maximum absolute atomic E-state index is 6.11. The summed E-state index contributed by atoms with van der Waals surface area (Å²) in [6.07, 6.45) is 1.93. The summed E-state index contributed by atoms with van der Waals surface area (Å²) >= 11 is 0. The average Bonchev–Trinajstić information content (AvgIpc) is 2.70. The van der Waals surface area contributed by atoms with Crippen LogP contribution in [0.2, 0.25) is 0 Å². The first-order valence-electron chi connectivity index (χ1n) is 9.41. The molecule has 0 unspecified atom stereocenters. The van der Waals surface area contributed by atoms with E-state index in [0.717, 1.165) is 44.0 Å². The molecule has 2 aromatic rings. The van der Waals surface area contributed by atoms with Crippen molar-refractivity contribution in [2.24, 2.45) is 0 Å². The van der Waals surface area contributed by atoms with Crippen molar-refractivity contribution in [3.05, 3.63) is 60.2 Å². The van der Waals surface area contributed by atoms with E-state index in [-0.39, 0.29) is 5.60 Å². The van der Waals surface area contributed by atoms with Crippen LogP contribution in [0.15, 0.2) is 54.6 Å². The average molecular weight is 355 g/mol. The summed E-state index contributed by atoms with van der Waals surface area (Å²) in [6.45, 7) is 6.18. The first-order valence-corrected chi connectivity index (χ1v) is 9.41. The molecule has 0 atom stereocenters. The van der Waals surface area contributed by atoms with Crippen LogP contribution in [0.5, 0.6) is 11.5 Å². The van der Waals surface area contributed by atoms with Gasteiger partial charge in [0.1, 0.15) is 12.2 Å². The Hall–Kier alpha value is -2.04. The smallest absolute Gasteiger partial charge is 0.161 e. The maximum atomic E-state index is 6.11. The molecule has 0 amide bonds. The highest BCUT2D eigenvalue weighted by Crippen LogP contribution is 2.31. The molecule has 1 aliphatic heterocycles. The van der Waals surface area contributed by atoms with E-state index in [4.69, 9.17) is 14.2 Å². The van der Waals surface area contributed by atoms with Gasteiger partial charge in [-0.05, 0) is 37.5 Å². The molecule has 1 fully saturated rings. The van der Waals surface area contributed by atoms with Crippen molar-refractivity contribution < 1.29 is 14.2 Å². The Morgan fingerprint density at radius 1 is 0.885 bits per heavy atom. The molecule has 26 heavy (non-hydrogen) atoms. The van der Waals surface area contributed by atoms with Crippen LogP contribution in [-0.4, -0.2) is 43.9 Å². The van der Waals surface area contributed by atoms with Crippen LogP contribution in [0.3, 0.4) is 0 Å². The molecule has 0 bridgehead atoms. The summed E-state index contributed by atoms with van der Waals surface area (Å²) < 4.78 is 17.7. The lowest BCUT2D eigenvalue weighted by atomic mass is 9.91. The van der Waals surface area contributed by atoms with Crippen LogP contribution >= 0.6 is 0 Å². The second kappa shape index (κ2) is 9.06. The third-order valence-electron chi connectivity index (χ3n) is 5.09. The fraction of sp³-hybridized carbons (Fsp3) is 0.455. The van der Waals surface area contributed by atoms with Gasteiger partial charge in [-0.2, -0.15) is 0 Å². The molecule has 0 aromatic heterocycles. The fourth-order valence-electron chi connectivity index (χ4n) is 3.42. The van der Waals surface area contributed by atoms with Crippen molar-refractivity contribution >= 4 is 0 Å². The molecule has 1 saturated heterocycles. The van der Waals surface area contributed by atoms with Crippen molar-refractivity contribution in [2.45, 2.75) is 31.9 Å². The van der Waals surface area contributed by atoms with Gasteiger partial charge in [-0.3, -0.25) is 4.90 Å². The lowest BCUT2D eigenvalue weighted by Crippen LogP contribution is -2.48. The maximum Gasteiger partial charge on any atom is 0.161 e. The molecule has 1 aliphatic rings. The van der Waals surface area contributed by atoms with Crippen LogP contribution in [0, 0.1) is 0 Å². The SMILES string of the molecule is CCOc1ccccc1OCC1(OC)CCN(Cc2ccccc2)CC1. The summed E-state index contributed by atoms with van der Waals surface area (Å²) in [7, 11) is 1.80. The molecule has 0 aliphatic carbocycles. The van der Waals surface area contributed by atoms with Crippen molar-refractivity contribution in [1.29, 1.82) is 0 Å².